The fraction of sp³-hybridized carbons (Fsp3) is 0. The van der Waals surface area contributed by atoms with Crippen molar-refractivity contribution in [2.75, 3.05) is 0 Å². The molecule has 0 heterocycles. The van der Waals surface area contributed by atoms with Crippen LogP contribution in [-0.4, -0.2) is 10.2 Å². The SMILES string of the molecule is O=[N+]([O-])[O-].O=[N+]([O-])[O-].[Mn].[Ni+2]. The molecule has 0 aromatic heterocycles. The Morgan fingerprint density at radius 1 is 0.800 bits per heavy atom. The Morgan fingerprint density at radius 2 is 0.800 bits per heavy atom. The maximum Gasteiger partial charge on any atom is 2.00 e. The summed E-state index contributed by atoms with van der Waals surface area (Å²) in [5, 5.41) is 29.5. The van der Waals surface area contributed by atoms with Gasteiger partial charge in [0.1, 0.15) is 0 Å². The molecular formula is MnN2NiO6. The van der Waals surface area contributed by atoms with Crippen molar-refractivity contribution in [2.24, 2.45) is 0 Å². The van der Waals surface area contributed by atoms with Crippen molar-refractivity contribution >= 4 is 0 Å². The quantitative estimate of drug-likeness (QED) is 0.317. The third kappa shape index (κ3) is 885. The predicted molar refractivity (Wildman–Crippen MR) is 20.7 cm³/mol. The van der Waals surface area contributed by atoms with Crippen molar-refractivity contribution in [1.29, 1.82) is 0 Å². The van der Waals surface area contributed by atoms with E-state index in [0.29, 0.717) is 0 Å². The average Bonchev–Trinajstić information content (AvgIpc) is 1.25. The summed E-state index contributed by atoms with van der Waals surface area (Å²) in [6.07, 6.45) is 0. The van der Waals surface area contributed by atoms with E-state index in [1.165, 1.54) is 0 Å². The van der Waals surface area contributed by atoms with Crippen molar-refractivity contribution in [3.05, 3.63) is 30.6 Å². The monoisotopic (exact) mass is 237 g/mol. The van der Waals surface area contributed by atoms with Crippen LogP contribution in [0.15, 0.2) is 0 Å². The Labute approximate surface area is 74.8 Å². The van der Waals surface area contributed by atoms with E-state index in [1.54, 1.807) is 0 Å². The van der Waals surface area contributed by atoms with Gasteiger partial charge >= 0.3 is 16.5 Å². The zero-order valence-corrected chi connectivity index (χ0v) is 6.21. The number of hydrogen-bond donors (Lipinski definition) is 0. The van der Waals surface area contributed by atoms with Crippen molar-refractivity contribution in [3.63, 3.8) is 0 Å². The summed E-state index contributed by atoms with van der Waals surface area (Å²) >= 11 is 0. The van der Waals surface area contributed by atoms with Crippen LogP contribution in [0.5, 0.6) is 0 Å². The minimum absolute atomic E-state index is 0. The Hall–Kier alpha value is -0.587. The van der Waals surface area contributed by atoms with Crippen LogP contribution in [0.2, 0.25) is 0 Å². The normalized spacial score (nSPS) is 4.80. The number of rotatable bonds is 0. The van der Waals surface area contributed by atoms with E-state index in [1.807, 2.05) is 0 Å². The smallest absolute Gasteiger partial charge is 0.356 e. The minimum Gasteiger partial charge on any atom is -0.356 e. The molecule has 0 aliphatic rings. The summed E-state index contributed by atoms with van der Waals surface area (Å²) in [4.78, 5) is 16.5. The van der Waals surface area contributed by atoms with Gasteiger partial charge in [-0.15, -0.1) is 0 Å². The molecule has 0 amide bonds. The van der Waals surface area contributed by atoms with E-state index in [-0.39, 0.29) is 33.6 Å². The van der Waals surface area contributed by atoms with E-state index in [9.17, 15) is 0 Å². The summed E-state index contributed by atoms with van der Waals surface area (Å²) in [7, 11) is 0. The molecule has 0 bridgehead atoms. The molecule has 10 heteroatoms. The van der Waals surface area contributed by atoms with Crippen molar-refractivity contribution in [1.82, 2.24) is 0 Å². The van der Waals surface area contributed by atoms with Gasteiger partial charge in [0.05, 0.1) is 10.2 Å². The summed E-state index contributed by atoms with van der Waals surface area (Å²) in [6.45, 7) is 0. The second-order valence-corrected chi connectivity index (χ2v) is 0.447. The molecule has 0 atom stereocenters. The predicted octanol–water partition coefficient (Wildman–Crippen LogP) is -0.483. The third-order valence-electron chi connectivity index (χ3n) is 0. The van der Waals surface area contributed by atoms with Crippen molar-refractivity contribution in [3.8, 4) is 0 Å². The molecule has 0 aromatic rings. The van der Waals surface area contributed by atoms with Crippen LogP contribution in [0.1, 0.15) is 0 Å². The zero-order chi connectivity index (χ0) is 7.15. The molecule has 1 radical (unpaired) electrons. The summed E-state index contributed by atoms with van der Waals surface area (Å²) < 4.78 is 0. The van der Waals surface area contributed by atoms with Crippen LogP contribution in [-0.2, 0) is 33.6 Å². The molecule has 10 heavy (non-hydrogen) atoms. The van der Waals surface area contributed by atoms with E-state index in [4.69, 9.17) is 30.6 Å². The summed E-state index contributed by atoms with van der Waals surface area (Å²) in [5.74, 6) is 0. The Bertz CT molecular complexity index is 73.7. The minimum atomic E-state index is -1.75. The first-order valence-electron chi connectivity index (χ1n) is 1.10. The third-order valence-corrected chi connectivity index (χ3v) is 0. The molecule has 0 spiro atoms. The van der Waals surface area contributed by atoms with E-state index < -0.39 is 10.2 Å². The zero-order valence-electron chi connectivity index (χ0n) is 4.04. The molecule has 0 aromatic carbocycles. The van der Waals surface area contributed by atoms with Crippen LogP contribution < -0.4 is 0 Å². The van der Waals surface area contributed by atoms with E-state index in [0.717, 1.165) is 0 Å². The Morgan fingerprint density at radius 3 is 0.800 bits per heavy atom. The molecular weight excluding hydrogens is 238 g/mol. The van der Waals surface area contributed by atoms with Gasteiger partial charge in [-0.25, -0.2) is 0 Å². The molecule has 0 saturated carbocycles. The summed E-state index contributed by atoms with van der Waals surface area (Å²) in [5.41, 5.74) is 0. The second kappa shape index (κ2) is 15.8. The fourth-order valence-corrected chi connectivity index (χ4v) is 0. The van der Waals surface area contributed by atoms with Crippen LogP contribution in [0.3, 0.4) is 0 Å². The molecule has 0 saturated heterocycles. The molecule has 0 aliphatic heterocycles. The molecule has 0 fully saturated rings. The Kier molecular flexibility index (Phi) is 35.9. The van der Waals surface area contributed by atoms with Crippen LogP contribution in [0, 0.1) is 30.6 Å². The molecule has 63 valence electrons. The first-order valence-corrected chi connectivity index (χ1v) is 1.10. The van der Waals surface area contributed by atoms with Gasteiger partial charge in [0.25, 0.3) is 0 Å². The molecule has 0 N–H and O–H groups in total. The first kappa shape index (κ1) is 22.7. The van der Waals surface area contributed by atoms with E-state index >= 15 is 0 Å². The van der Waals surface area contributed by atoms with Gasteiger partial charge in [-0.1, -0.05) is 0 Å². The van der Waals surface area contributed by atoms with Gasteiger partial charge in [-0.05, 0) is 0 Å². The molecule has 0 aliphatic carbocycles. The van der Waals surface area contributed by atoms with Gasteiger partial charge < -0.3 is 30.6 Å². The molecule has 8 nitrogen and oxygen atoms in total. The van der Waals surface area contributed by atoms with Crippen molar-refractivity contribution in [2.45, 2.75) is 0 Å². The topological polar surface area (TPSA) is 132 Å². The number of hydrogen-bond acceptors (Lipinski definition) is 6. The Balaban J connectivity index is -0.0000000300. The standard InChI is InChI=1S/Mn.2NO3.Ni/c;2*2-1(3)4;/q;2*-1;+2. The fourth-order valence-electron chi connectivity index (χ4n) is 0. The number of nitrogens with zero attached hydrogens (tertiary/aromatic N) is 2. The summed E-state index contributed by atoms with van der Waals surface area (Å²) in [6, 6.07) is 0. The van der Waals surface area contributed by atoms with Gasteiger partial charge in [-0.3, -0.25) is 0 Å². The molecule has 0 unspecified atom stereocenters. The van der Waals surface area contributed by atoms with E-state index in [2.05, 4.69) is 0 Å². The van der Waals surface area contributed by atoms with Crippen molar-refractivity contribution < 1.29 is 43.7 Å². The van der Waals surface area contributed by atoms with Gasteiger partial charge in [-0.2, -0.15) is 0 Å². The van der Waals surface area contributed by atoms with Crippen LogP contribution in [0.25, 0.3) is 0 Å². The van der Waals surface area contributed by atoms with Crippen LogP contribution >= 0.6 is 0 Å². The van der Waals surface area contributed by atoms with Gasteiger partial charge in [0.15, 0.2) is 0 Å². The van der Waals surface area contributed by atoms with Crippen LogP contribution in [0.4, 0.5) is 0 Å². The second-order valence-electron chi connectivity index (χ2n) is 0.447. The first-order chi connectivity index (χ1) is 3.46. The average molecular weight is 238 g/mol. The van der Waals surface area contributed by atoms with Gasteiger partial charge in [0, 0.05) is 17.1 Å². The maximum absolute atomic E-state index is 8.25. The molecule has 0 rings (SSSR count). The largest absolute Gasteiger partial charge is 2.00 e. The maximum atomic E-state index is 8.25. The van der Waals surface area contributed by atoms with Gasteiger partial charge in [0.2, 0.25) is 0 Å².